The summed E-state index contributed by atoms with van der Waals surface area (Å²) in [7, 11) is 0. The monoisotopic (exact) mass is 441 g/mol. The Morgan fingerprint density at radius 2 is 1.53 bits per heavy atom. The summed E-state index contributed by atoms with van der Waals surface area (Å²) in [5.74, 6) is -2.18. The lowest BCUT2D eigenvalue weighted by Crippen LogP contribution is -2.61. The lowest BCUT2D eigenvalue weighted by molar-refractivity contribution is -0.166. The Bertz CT molecular complexity index is 683. The van der Waals surface area contributed by atoms with Crippen molar-refractivity contribution in [3.63, 3.8) is 0 Å². The average molecular weight is 442 g/mol. The third kappa shape index (κ3) is 7.61. The summed E-state index contributed by atoms with van der Waals surface area (Å²) in [5.41, 5.74) is -2.18. The van der Waals surface area contributed by atoms with Gasteiger partial charge in [-0.1, -0.05) is 18.2 Å². The van der Waals surface area contributed by atoms with Crippen LogP contribution in [-0.2, 0) is 23.8 Å². The zero-order chi connectivity index (χ0) is 22.8. The first-order valence-corrected chi connectivity index (χ1v) is 10.6. The van der Waals surface area contributed by atoms with Gasteiger partial charge in [0.2, 0.25) is 5.54 Å². The zero-order valence-electron chi connectivity index (χ0n) is 18.3. The first-order valence-electron chi connectivity index (χ1n) is 10.1. The number of ether oxygens (including phenoxy) is 3. The Labute approximate surface area is 183 Å². The van der Waals surface area contributed by atoms with E-state index < -0.39 is 35.1 Å². The molecule has 0 spiro atoms. The standard InChI is InChI=1S/C22H32ClNO6/c1-6-28-19(26)22(20(27)29-7-2,14-13-17(15-23)30-21(3,4)5)24-18(25)16-11-9-8-10-12-16/h8-12,17H,6-7,13-15H2,1-5H3,(H,24,25)/t17-/m0/s1. The number of nitrogens with one attached hydrogen (secondary N) is 1. The largest absolute Gasteiger partial charge is 0.464 e. The van der Waals surface area contributed by atoms with Crippen LogP contribution in [0.5, 0.6) is 0 Å². The highest BCUT2D eigenvalue weighted by atomic mass is 35.5. The molecule has 0 saturated heterocycles. The Balaban J connectivity index is 3.26. The molecule has 8 heteroatoms. The van der Waals surface area contributed by atoms with Crippen LogP contribution in [0, 0.1) is 0 Å². The molecule has 1 N–H and O–H groups in total. The van der Waals surface area contributed by atoms with E-state index in [0.29, 0.717) is 5.56 Å². The molecule has 0 aliphatic rings. The van der Waals surface area contributed by atoms with E-state index >= 15 is 0 Å². The maximum absolute atomic E-state index is 12.9. The molecule has 1 atom stereocenters. The van der Waals surface area contributed by atoms with Gasteiger partial charge in [0.05, 0.1) is 24.9 Å². The molecule has 0 aromatic heterocycles. The number of halogens is 1. The predicted octanol–water partition coefficient (Wildman–Crippen LogP) is 3.48. The number of rotatable bonds is 11. The number of carbonyl (C=O) groups is 3. The molecule has 7 nitrogen and oxygen atoms in total. The molecule has 0 fully saturated rings. The molecule has 0 unspecified atom stereocenters. The summed E-state index contributed by atoms with van der Waals surface area (Å²) in [6.45, 7) is 8.97. The maximum Gasteiger partial charge on any atom is 0.343 e. The van der Waals surface area contributed by atoms with Gasteiger partial charge in [-0.25, -0.2) is 9.59 Å². The van der Waals surface area contributed by atoms with Crippen molar-refractivity contribution in [2.75, 3.05) is 19.1 Å². The van der Waals surface area contributed by atoms with Crippen LogP contribution in [0.4, 0.5) is 0 Å². The van der Waals surface area contributed by atoms with Crippen molar-refractivity contribution in [1.82, 2.24) is 5.32 Å². The molecule has 1 rings (SSSR count). The first kappa shape index (κ1) is 25.9. The third-order valence-corrected chi connectivity index (χ3v) is 4.49. The highest BCUT2D eigenvalue weighted by Gasteiger charge is 2.50. The van der Waals surface area contributed by atoms with Gasteiger partial charge >= 0.3 is 11.9 Å². The average Bonchev–Trinajstić information content (AvgIpc) is 2.69. The number of hydrogen-bond acceptors (Lipinski definition) is 6. The normalized spacial score (nSPS) is 12.7. The van der Waals surface area contributed by atoms with Crippen LogP contribution < -0.4 is 5.32 Å². The number of esters is 2. The SMILES string of the molecule is CCOC(=O)C(CC[C@@H](CCl)OC(C)(C)C)(NC(=O)c1ccccc1)C(=O)OCC. The molecule has 1 aromatic carbocycles. The minimum Gasteiger partial charge on any atom is -0.464 e. The minimum absolute atomic E-state index is 0.0403. The van der Waals surface area contributed by atoms with E-state index in [1.54, 1.807) is 44.2 Å². The second-order valence-corrected chi connectivity index (χ2v) is 8.02. The molecule has 1 aromatic rings. The number of alkyl halides is 1. The van der Waals surface area contributed by atoms with Crippen LogP contribution in [0.15, 0.2) is 30.3 Å². The Hall–Kier alpha value is -2.12. The number of hydrogen-bond donors (Lipinski definition) is 1. The predicted molar refractivity (Wildman–Crippen MR) is 114 cm³/mol. The van der Waals surface area contributed by atoms with E-state index in [1.165, 1.54) is 0 Å². The smallest absolute Gasteiger partial charge is 0.343 e. The highest BCUT2D eigenvalue weighted by molar-refractivity contribution is 6.18. The fourth-order valence-electron chi connectivity index (χ4n) is 2.86. The van der Waals surface area contributed by atoms with E-state index in [2.05, 4.69) is 5.32 Å². The van der Waals surface area contributed by atoms with Gasteiger partial charge in [-0.15, -0.1) is 11.6 Å². The molecule has 0 bridgehead atoms. The van der Waals surface area contributed by atoms with Crippen molar-refractivity contribution in [1.29, 1.82) is 0 Å². The van der Waals surface area contributed by atoms with Crippen LogP contribution in [0.1, 0.15) is 57.8 Å². The van der Waals surface area contributed by atoms with Gasteiger partial charge in [-0.05, 0) is 59.6 Å². The van der Waals surface area contributed by atoms with Gasteiger partial charge in [0.25, 0.3) is 5.91 Å². The number of benzene rings is 1. The zero-order valence-corrected chi connectivity index (χ0v) is 19.1. The molecule has 0 aliphatic heterocycles. The second kappa shape index (κ2) is 11.9. The summed E-state index contributed by atoms with van der Waals surface area (Å²) in [5, 5.41) is 2.57. The Kier molecular flexibility index (Phi) is 10.3. The van der Waals surface area contributed by atoms with Gasteiger partial charge in [0.15, 0.2) is 0 Å². The van der Waals surface area contributed by atoms with E-state index in [0.717, 1.165) is 0 Å². The molecule has 30 heavy (non-hydrogen) atoms. The van der Waals surface area contributed by atoms with Crippen molar-refractivity contribution >= 4 is 29.4 Å². The quantitative estimate of drug-likeness (QED) is 0.321. The Morgan fingerprint density at radius 3 is 1.97 bits per heavy atom. The van der Waals surface area contributed by atoms with Gasteiger partial charge in [-0.2, -0.15) is 0 Å². The molecular weight excluding hydrogens is 410 g/mol. The molecule has 0 aliphatic carbocycles. The van der Waals surface area contributed by atoms with Crippen LogP contribution in [-0.4, -0.2) is 54.2 Å². The van der Waals surface area contributed by atoms with Crippen molar-refractivity contribution in [3.8, 4) is 0 Å². The molecule has 0 heterocycles. The van der Waals surface area contributed by atoms with Crippen molar-refractivity contribution in [2.45, 2.75) is 64.7 Å². The first-order chi connectivity index (χ1) is 14.1. The summed E-state index contributed by atoms with van der Waals surface area (Å²) in [4.78, 5) is 38.7. The fraction of sp³-hybridized carbons (Fsp3) is 0.591. The summed E-state index contributed by atoms with van der Waals surface area (Å²) in [6, 6.07) is 8.30. The lowest BCUT2D eigenvalue weighted by atomic mass is 9.91. The fourth-order valence-corrected chi connectivity index (χ4v) is 3.08. The van der Waals surface area contributed by atoms with Crippen LogP contribution in [0.3, 0.4) is 0 Å². The topological polar surface area (TPSA) is 90.9 Å². The van der Waals surface area contributed by atoms with E-state index in [-0.39, 0.29) is 31.9 Å². The van der Waals surface area contributed by atoms with Crippen molar-refractivity contribution in [3.05, 3.63) is 35.9 Å². The summed E-state index contributed by atoms with van der Waals surface area (Å²) >= 11 is 6.04. The van der Waals surface area contributed by atoms with Crippen LogP contribution >= 0.6 is 11.6 Å². The van der Waals surface area contributed by atoms with Gasteiger partial charge in [-0.3, -0.25) is 4.79 Å². The van der Waals surface area contributed by atoms with E-state index in [1.807, 2.05) is 20.8 Å². The number of carbonyl (C=O) groups excluding carboxylic acids is 3. The van der Waals surface area contributed by atoms with Crippen molar-refractivity contribution in [2.24, 2.45) is 0 Å². The summed E-state index contributed by atoms with van der Waals surface area (Å²) in [6.07, 6.45) is -0.298. The lowest BCUT2D eigenvalue weighted by Gasteiger charge is -2.32. The molecule has 0 saturated carbocycles. The van der Waals surface area contributed by atoms with Crippen LogP contribution in [0.25, 0.3) is 0 Å². The van der Waals surface area contributed by atoms with Gasteiger partial charge in [0, 0.05) is 11.4 Å². The van der Waals surface area contributed by atoms with Crippen molar-refractivity contribution < 1.29 is 28.6 Å². The third-order valence-electron chi connectivity index (χ3n) is 4.14. The summed E-state index contributed by atoms with van der Waals surface area (Å²) < 4.78 is 16.2. The molecular formula is C22H32ClNO6. The molecule has 168 valence electrons. The van der Waals surface area contributed by atoms with E-state index in [4.69, 9.17) is 25.8 Å². The van der Waals surface area contributed by atoms with Crippen LogP contribution in [0.2, 0.25) is 0 Å². The van der Waals surface area contributed by atoms with E-state index in [9.17, 15) is 14.4 Å². The van der Waals surface area contributed by atoms with Gasteiger partial charge in [0.1, 0.15) is 0 Å². The maximum atomic E-state index is 12.9. The number of amides is 1. The second-order valence-electron chi connectivity index (χ2n) is 7.71. The molecule has 1 amide bonds. The minimum atomic E-state index is -2.01. The Morgan fingerprint density at radius 1 is 1.00 bits per heavy atom. The van der Waals surface area contributed by atoms with Gasteiger partial charge < -0.3 is 19.5 Å². The molecule has 0 radical (unpaired) electrons. The highest BCUT2D eigenvalue weighted by Crippen LogP contribution is 2.24.